The van der Waals surface area contributed by atoms with Crippen LogP contribution < -0.4 is 14.8 Å². The topological polar surface area (TPSA) is 90.0 Å². The van der Waals surface area contributed by atoms with Crippen LogP contribution in [0.4, 0.5) is 0 Å². The number of hydrogen-bond donors (Lipinski definition) is 1. The Kier molecular flexibility index (Phi) is 7.02. The number of nitrogens with zero attached hydrogens (tertiary/aromatic N) is 2. The number of aromatic nitrogens is 1. The normalized spacial score (nSPS) is 18.3. The molecule has 1 aromatic heterocycles. The molecule has 1 saturated heterocycles. The first-order chi connectivity index (χ1) is 14.1. The van der Waals surface area contributed by atoms with Gasteiger partial charge in [0.2, 0.25) is 5.91 Å². The second-order valence-corrected chi connectivity index (χ2v) is 6.65. The molecular weight excluding hydrogens is 374 g/mol. The standard InChI is InChI=1S/C21H25N3O5/c1-27-10-9-23-20(25)19-12-18(29-17-7-4-8-22-13-17)14-24(19)21(26)15-5-3-6-16(11-15)28-2/h3-8,11,13,18-19H,9-10,12,14H2,1-2H3,(H,23,25)/t18-,19+/m0/s1. The maximum absolute atomic E-state index is 13.2. The van der Waals surface area contributed by atoms with E-state index < -0.39 is 6.04 Å². The Morgan fingerprint density at radius 3 is 2.76 bits per heavy atom. The lowest BCUT2D eigenvalue weighted by molar-refractivity contribution is -0.125. The average Bonchev–Trinajstić information content (AvgIpc) is 3.18. The summed E-state index contributed by atoms with van der Waals surface area (Å²) < 4.78 is 16.2. The second kappa shape index (κ2) is 9.88. The molecule has 0 aliphatic carbocycles. The highest BCUT2D eigenvalue weighted by atomic mass is 16.5. The van der Waals surface area contributed by atoms with E-state index in [9.17, 15) is 9.59 Å². The molecule has 0 bridgehead atoms. The van der Waals surface area contributed by atoms with E-state index in [4.69, 9.17) is 14.2 Å². The molecule has 2 amide bonds. The van der Waals surface area contributed by atoms with Crippen molar-refractivity contribution in [2.75, 3.05) is 33.9 Å². The van der Waals surface area contributed by atoms with E-state index in [-0.39, 0.29) is 17.9 Å². The van der Waals surface area contributed by atoms with E-state index in [1.165, 1.54) is 0 Å². The largest absolute Gasteiger partial charge is 0.497 e. The molecule has 2 aromatic rings. The van der Waals surface area contributed by atoms with Gasteiger partial charge in [-0.05, 0) is 30.3 Å². The van der Waals surface area contributed by atoms with E-state index >= 15 is 0 Å². The number of ether oxygens (including phenoxy) is 3. The number of benzene rings is 1. The van der Waals surface area contributed by atoms with Crippen LogP contribution in [0, 0.1) is 0 Å². The van der Waals surface area contributed by atoms with E-state index in [1.807, 2.05) is 0 Å². The molecule has 8 nitrogen and oxygen atoms in total. The molecule has 1 aromatic carbocycles. The first-order valence-electron chi connectivity index (χ1n) is 9.40. The van der Waals surface area contributed by atoms with Crippen LogP contribution in [0.3, 0.4) is 0 Å². The van der Waals surface area contributed by atoms with Gasteiger partial charge in [-0.15, -0.1) is 0 Å². The first-order valence-corrected chi connectivity index (χ1v) is 9.40. The number of carbonyl (C=O) groups is 2. The Balaban J connectivity index is 1.77. The summed E-state index contributed by atoms with van der Waals surface area (Å²) in [7, 11) is 3.11. The summed E-state index contributed by atoms with van der Waals surface area (Å²) in [6.45, 7) is 1.08. The molecule has 0 radical (unpaired) electrons. The number of carbonyl (C=O) groups excluding carboxylic acids is 2. The van der Waals surface area contributed by atoms with Crippen molar-refractivity contribution in [2.45, 2.75) is 18.6 Å². The zero-order valence-corrected chi connectivity index (χ0v) is 16.5. The summed E-state index contributed by atoms with van der Waals surface area (Å²) >= 11 is 0. The maximum atomic E-state index is 13.2. The van der Waals surface area contributed by atoms with E-state index in [2.05, 4.69) is 10.3 Å². The van der Waals surface area contributed by atoms with Gasteiger partial charge < -0.3 is 24.4 Å². The molecule has 1 aliphatic rings. The van der Waals surface area contributed by atoms with Crippen LogP contribution in [-0.2, 0) is 9.53 Å². The van der Waals surface area contributed by atoms with Crippen LogP contribution in [0.5, 0.6) is 11.5 Å². The molecule has 0 unspecified atom stereocenters. The fourth-order valence-corrected chi connectivity index (χ4v) is 3.28. The van der Waals surface area contributed by atoms with Crippen molar-refractivity contribution >= 4 is 11.8 Å². The zero-order chi connectivity index (χ0) is 20.6. The van der Waals surface area contributed by atoms with Gasteiger partial charge >= 0.3 is 0 Å². The lowest BCUT2D eigenvalue weighted by Gasteiger charge is -2.23. The van der Waals surface area contributed by atoms with Crippen molar-refractivity contribution < 1.29 is 23.8 Å². The van der Waals surface area contributed by atoms with E-state index in [0.29, 0.717) is 43.2 Å². The van der Waals surface area contributed by atoms with Crippen molar-refractivity contribution in [1.82, 2.24) is 15.2 Å². The van der Waals surface area contributed by atoms with Crippen LogP contribution in [-0.4, -0.2) is 67.8 Å². The third-order valence-corrected chi connectivity index (χ3v) is 4.69. The van der Waals surface area contributed by atoms with Gasteiger partial charge in [0.15, 0.2) is 0 Å². The van der Waals surface area contributed by atoms with Crippen LogP contribution in [0.2, 0.25) is 0 Å². The molecule has 3 rings (SSSR count). The van der Waals surface area contributed by atoms with Gasteiger partial charge in [-0.1, -0.05) is 6.07 Å². The van der Waals surface area contributed by atoms with Gasteiger partial charge in [0.05, 0.1) is 26.5 Å². The molecule has 2 heterocycles. The highest BCUT2D eigenvalue weighted by molar-refractivity contribution is 5.98. The van der Waals surface area contributed by atoms with Gasteiger partial charge in [0.1, 0.15) is 23.6 Å². The molecule has 0 spiro atoms. The van der Waals surface area contributed by atoms with Crippen LogP contribution in [0.15, 0.2) is 48.8 Å². The third kappa shape index (κ3) is 5.23. The summed E-state index contributed by atoms with van der Waals surface area (Å²) in [4.78, 5) is 31.5. The number of amides is 2. The minimum atomic E-state index is -0.632. The first kappa shape index (κ1) is 20.6. The van der Waals surface area contributed by atoms with Gasteiger partial charge in [-0.2, -0.15) is 0 Å². The lowest BCUT2D eigenvalue weighted by atomic mass is 10.1. The second-order valence-electron chi connectivity index (χ2n) is 6.65. The van der Waals surface area contributed by atoms with E-state index in [0.717, 1.165) is 0 Å². The molecule has 1 N–H and O–H groups in total. The van der Waals surface area contributed by atoms with Crippen molar-refractivity contribution in [2.24, 2.45) is 0 Å². The zero-order valence-electron chi connectivity index (χ0n) is 16.5. The molecule has 154 valence electrons. The predicted octanol–water partition coefficient (Wildman–Crippen LogP) is 1.51. The highest BCUT2D eigenvalue weighted by Gasteiger charge is 2.41. The number of likely N-dealkylation sites (tertiary alicyclic amines) is 1. The lowest BCUT2D eigenvalue weighted by Crippen LogP contribution is -2.46. The summed E-state index contributed by atoms with van der Waals surface area (Å²) in [6.07, 6.45) is 3.35. The Bertz CT molecular complexity index is 830. The van der Waals surface area contributed by atoms with Crippen molar-refractivity contribution in [1.29, 1.82) is 0 Å². The monoisotopic (exact) mass is 399 g/mol. The van der Waals surface area contributed by atoms with Crippen LogP contribution in [0.25, 0.3) is 0 Å². The number of rotatable bonds is 8. The number of pyridine rings is 1. The Morgan fingerprint density at radius 1 is 1.21 bits per heavy atom. The molecule has 8 heteroatoms. The summed E-state index contributed by atoms with van der Waals surface area (Å²) in [5.41, 5.74) is 0.459. The van der Waals surface area contributed by atoms with Crippen molar-refractivity contribution in [3.05, 3.63) is 54.4 Å². The maximum Gasteiger partial charge on any atom is 0.254 e. The molecule has 1 fully saturated rings. The molecule has 2 atom stereocenters. The quantitative estimate of drug-likeness (QED) is 0.677. The number of methoxy groups -OCH3 is 2. The van der Waals surface area contributed by atoms with Gasteiger partial charge in [-0.25, -0.2) is 0 Å². The minimum Gasteiger partial charge on any atom is -0.497 e. The molecule has 0 saturated carbocycles. The third-order valence-electron chi connectivity index (χ3n) is 4.69. The number of nitrogens with one attached hydrogen (secondary N) is 1. The van der Waals surface area contributed by atoms with Gasteiger partial charge in [0.25, 0.3) is 5.91 Å². The molecular formula is C21H25N3O5. The predicted molar refractivity (Wildman–Crippen MR) is 106 cm³/mol. The van der Waals surface area contributed by atoms with Crippen molar-refractivity contribution in [3.63, 3.8) is 0 Å². The summed E-state index contributed by atoms with van der Waals surface area (Å²) in [5.74, 6) is 0.717. The number of hydrogen-bond acceptors (Lipinski definition) is 6. The van der Waals surface area contributed by atoms with Crippen molar-refractivity contribution in [3.8, 4) is 11.5 Å². The van der Waals surface area contributed by atoms with Gasteiger partial charge in [-0.3, -0.25) is 14.6 Å². The molecule has 29 heavy (non-hydrogen) atoms. The summed E-state index contributed by atoms with van der Waals surface area (Å²) in [5, 5.41) is 2.82. The Hall–Kier alpha value is -3.13. The van der Waals surface area contributed by atoms with E-state index in [1.54, 1.807) is 67.9 Å². The Morgan fingerprint density at radius 2 is 2.03 bits per heavy atom. The Labute approximate surface area is 169 Å². The van der Waals surface area contributed by atoms with Crippen LogP contribution >= 0.6 is 0 Å². The molecule has 1 aliphatic heterocycles. The fraction of sp³-hybridized carbons (Fsp3) is 0.381. The van der Waals surface area contributed by atoms with Gasteiger partial charge in [0, 0.05) is 31.8 Å². The van der Waals surface area contributed by atoms with Crippen LogP contribution in [0.1, 0.15) is 16.8 Å². The SMILES string of the molecule is COCCNC(=O)[C@H]1C[C@H](Oc2cccnc2)CN1C(=O)c1cccc(OC)c1. The average molecular weight is 399 g/mol. The minimum absolute atomic E-state index is 0.226. The fourth-order valence-electron chi connectivity index (χ4n) is 3.28. The smallest absolute Gasteiger partial charge is 0.254 e. The highest BCUT2D eigenvalue weighted by Crippen LogP contribution is 2.25. The summed E-state index contributed by atoms with van der Waals surface area (Å²) in [6, 6.07) is 9.83.